The number of hydrogen-bond donors (Lipinski definition) is 0. The van der Waals surface area contributed by atoms with Gasteiger partial charge in [0.05, 0.1) is 12.7 Å². The number of hydrogen-bond acceptors (Lipinski definition) is 4. The first-order valence-corrected chi connectivity index (χ1v) is 9.90. The van der Waals surface area contributed by atoms with Crippen LogP contribution in [0.4, 0.5) is 4.79 Å². The maximum atomic E-state index is 12.5. The van der Waals surface area contributed by atoms with Crippen LogP contribution in [0.2, 0.25) is 0 Å². The van der Waals surface area contributed by atoms with Crippen molar-refractivity contribution in [3.05, 3.63) is 41.0 Å². The molecule has 0 spiro atoms. The van der Waals surface area contributed by atoms with E-state index in [9.17, 15) is 9.59 Å². The van der Waals surface area contributed by atoms with E-state index in [0.717, 1.165) is 18.4 Å². The summed E-state index contributed by atoms with van der Waals surface area (Å²) < 4.78 is 10.3. The summed E-state index contributed by atoms with van der Waals surface area (Å²) in [5.74, 6) is -0.337. The zero-order valence-corrected chi connectivity index (χ0v) is 18.6. The standard InChI is InChI=1S/C21H29NO4.C2H6/c1-20(2,3)26-19(24)22-12-11-16(14-21(22,4)5)13-15-7-9-17(10-8-15)18(23)25-6;1-2/h7-10,13H,11-12,14H2,1-6H3;1-2H3/b16-13-;. The van der Waals surface area contributed by atoms with Crippen molar-refractivity contribution < 1.29 is 19.1 Å². The molecule has 2 rings (SSSR count). The number of amides is 1. The van der Waals surface area contributed by atoms with Gasteiger partial charge in [-0.3, -0.25) is 0 Å². The molecule has 28 heavy (non-hydrogen) atoms. The molecule has 1 aromatic rings. The Bertz CT molecular complexity index is 696. The zero-order valence-electron chi connectivity index (χ0n) is 18.6. The van der Waals surface area contributed by atoms with E-state index in [2.05, 4.69) is 19.9 Å². The van der Waals surface area contributed by atoms with Crippen molar-refractivity contribution in [1.82, 2.24) is 4.90 Å². The molecule has 0 aliphatic carbocycles. The van der Waals surface area contributed by atoms with Gasteiger partial charge in [0.1, 0.15) is 5.60 Å². The second-order valence-electron chi connectivity index (χ2n) is 8.29. The first kappa shape index (κ1) is 23.7. The summed E-state index contributed by atoms with van der Waals surface area (Å²) in [6.45, 7) is 14.4. The van der Waals surface area contributed by atoms with E-state index in [1.807, 2.05) is 51.7 Å². The van der Waals surface area contributed by atoms with Gasteiger partial charge in [0.15, 0.2) is 0 Å². The normalized spacial score (nSPS) is 17.4. The molecule has 0 unspecified atom stereocenters. The van der Waals surface area contributed by atoms with Gasteiger partial charge in [0.25, 0.3) is 0 Å². The predicted octanol–water partition coefficient (Wildman–Crippen LogP) is 5.69. The van der Waals surface area contributed by atoms with Gasteiger partial charge in [0, 0.05) is 12.1 Å². The molecular weight excluding hydrogens is 354 g/mol. The number of nitrogens with zero attached hydrogens (tertiary/aromatic N) is 1. The molecule has 156 valence electrons. The maximum absolute atomic E-state index is 12.5. The molecule has 0 atom stereocenters. The van der Waals surface area contributed by atoms with Crippen LogP contribution in [0.3, 0.4) is 0 Å². The number of benzene rings is 1. The molecular formula is C23H35NO4. The Labute approximate surface area is 169 Å². The molecule has 1 aliphatic rings. The molecule has 5 nitrogen and oxygen atoms in total. The predicted molar refractivity (Wildman–Crippen MR) is 113 cm³/mol. The molecule has 5 heteroatoms. The highest BCUT2D eigenvalue weighted by molar-refractivity contribution is 5.89. The van der Waals surface area contributed by atoms with Crippen LogP contribution in [-0.4, -0.2) is 41.8 Å². The number of rotatable bonds is 2. The van der Waals surface area contributed by atoms with Crippen LogP contribution >= 0.6 is 0 Å². The van der Waals surface area contributed by atoms with Crippen LogP contribution in [-0.2, 0) is 9.47 Å². The van der Waals surface area contributed by atoms with Crippen molar-refractivity contribution in [3.8, 4) is 0 Å². The SMILES string of the molecule is CC.COC(=O)c1ccc(/C=C2/CCN(C(=O)OC(C)(C)C)C(C)(C)C2)cc1. The molecule has 0 saturated carbocycles. The van der Waals surface area contributed by atoms with Crippen LogP contribution < -0.4 is 0 Å². The highest BCUT2D eigenvalue weighted by atomic mass is 16.6. The fraction of sp³-hybridized carbons (Fsp3) is 0.565. The number of likely N-dealkylation sites (tertiary alicyclic amines) is 1. The lowest BCUT2D eigenvalue weighted by molar-refractivity contribution is -0.000876. The summed E-state index contributed by atoms with van der Waals surface area (Å²) in [4.78, 5) is 25.8. The Kier molecular flexibility index (Phi) is 8.28. The Hall–Kier alpha value is -2.30. The molecule has 0 aromatic heterocycles. The van der Waals surface area contributed by atoms with Gasteiger partial charge in [-0.25, -0.2) is 9.59 Å². The van der Waals surface area contributed by atoms with E-state index in [-0.39, 0.29) is 17.6 Å². The highest BCUT2D eigenvalue weighted by Crippen LogP contribution is 2.33. The molecule has 0 N–H and O–H groups in total. The minimum absolute atomic E-state index is 0.260. The molecule has 0 bridgehead atoms. The third-order valence-electron chi connectivity index (χ3n) is 4.36. The number of carbonyl (C=O) groups excluding carboxylic acids is 2. The fourth-order valence-electron chi connectivity index (χ4n) is 3.15. The van der Waals surface area contributed by atoms with Crippen molar-refractivity contribution in [2.45, 2.75) is 72.4 Å². The summed E-state index contributed by atoms with van der Waals surface area (Å²) in [6, 6.07) is 7.34. The third-order valence-corrected chi connectivity index (χ3v) is 4.36. The average Bonchev–Trinajstić information content (AvgIpc) is 2.61. The summed E-state index contributed by atoms with van der Waals surface area (Å²) >= 11 is 0. The van der Waals surface area contributed by atoms with Crippen molar-refractivity contribution in [3.63, 3.8) is 0 Å². The molecule has 1 fully saturated rings. The number of carbonyl (C=O) groups is 2. The van der Waals surface area contributed by atoms with Crippen molar-refractivity contribution >= 4 is 18.1 Å². The monoisotopic (exact) mass is 389 g/mol. The van der Waals surface area contributed by atoms with E-state index in [0.29, 0.717) is 12.1 Å². The number of ether oxygens (including phenoxy) is 2. The van der Waals surface area contributed by atoms with E-state index in [4.69, 9.17) is 9.47 Å². The van der Waals surface area contributed by atoms with E-state index in [1.54, 1.807) is 12.1 Å². The number of methoxy groups -OCH3 is 1. The van der Waals surface area contributed by atoms with Crippen molar-refractivity contribution in [2.24, 2.45) is 0 Å². The van der Waals surface area contributed by atoms with E-state index in [1.165, 1.54) is 12.7 Å². The number of piperidine rings is 1. The molecule has 1 heterocycles. The van der Waals surface area contributed by atoms with Gasteiger partial charge < -0.3 is 14.4 Å². The van der Waals surface area contributed by atoms with Crippen LogP contribution in [0.5, 0.6) is 0 Å². The van der Waals surface area contributed by atoms with Crippen LogP contribution in [0.25, 0.3) is 6.08 Å². The van der Waals surface area contributed by atoms with Gasteiger partial charge in [-0.15, -0.1) is 0 Å². The molecule has 1 amide bonds. The van der Waals surface area contributed by atoms with Crippen LogP contribution in [0, 0.1) is 0 Å². The fourth-order valence-corrected chi connectivity index (χ4v) is 3.15. The van der Waals surface area contributed by atoms with Gasteiger partial charge in [-0.05, 0) is 65.2 Å². The third kappa shape index (κ3) is 6.70. The van der Waals surface area contributed by atoms with Crippen molar-refractivity contribution in [2.75, 3.05) is 13.7 Å². The highest BCUT2D eigenvalue weighted by Gasteiger charge is 2.37. The Morgan fingerprint density at radius 1 is 1.11 bits per heavy atom. The number of esters is 1. The van der Waals surface area contributed by atoms with Gasteiger partial charge in [-0.1, -0.05) is 37.6 Å². The van der Waals surface area contributed by atoms with Crippen LogP contribution in [0.15, 0.2) is 29.8 Å². The second-order valence-corrected chi connectivity index (χ2v) is 8.29. The molecule has 1 saturated heterocycles. The van der Waals surface area contributed by atoms with Gasteiger partial charge >= 0.3 is 12.1 Å². The average molecular weight is 390 g/mol. The quantitative estimate of drug-likeness (QED) is 0.610. The largest absolute Gasteiger partial charge is 0.465 e. The Balaban J connectivity index is 0.00000190. The first-order chi connectivity index (χ1) is 13.0. The topological polar surface area (TPSA) is 55.8 Å². The lowest BCUT2D eigenvalue weighted by atomic mass is 9.86. The van der Waals surface area contributed by atoms with E-state index >= 15 is 0 Å². The van der Waals surface area contributed by atoms with Crippen molar-refractivity contribution in [1.29, 1.82) is 0 Å². The van der Waals surface area contributed by atoms with Gasteiger partial charge in [-0.2, -0.15) is 0 Å². The smallest absolute Gasteiger partial charge is 0.410 e. The lowest BCUT2D eigenvalue weighted by Crippen LogP contribution is -2.52. The van der Waals surface area contributed by atoms with Gasteiger partial charge in [0.2, 0.25) is 0 Å². The van der Waals surface area contributed by atoms with E-state index < -0.39 is 5.60 Å². The Morgan fingerprint density at radius 3 is 2.14 bits per heavy atom. The van der Waals surface area contributed by atoms with Crippen LogP contribution in [0.1, 0.15) is 77.2 Å². The second kappa shape index (κ2) is 9.76. The first-order valence-electron chi connectivity index (χ1n) is 9.90. The Morgan fingerprint density at radius 2 is 1.68 bits per heavy atom. The zero-order chi connectivity index (χ0) is 21.5. The minimum atomic E-state index is -0.495. The summed E-state index contributed by atoms with van der Waals surface area (Å²) in [5.41, 5.74) is 2.05. The summed E-state index contributed by atoms with van der Waals surface area (Å²) in [6.07, 6.45) is 3.46. The molecule has 0 radical (unpaired) electrons. The lowest BCUT2D eigenvalue weighted by Gasteiger charge is -2.43. The molecule has 1 aromatic carbocycles. The molecule has 1 aliphatic heterocycles. The maximum Gasteiger partial charge on any atom is 0.410 e. The summed E-state index contributed by atoms with van der Waals surface area (Å²) in [5, 5.41) is 0. The minimum Gasteiger partial charge on any atom is -0.465 e. The summed E-state index contributed by atoms with van der Waals surface area (Å²) in [7, 11) is 1.37.